The Balaban J connectivity index is 0.000000360. The molecule has 0 saturated heterocycles. The van der Waals surface area contributed by atoms with Crippen LogP contribution in [0.2, 0.25) is 0 Å². The molecule has 0 aromatic heterocycles. The first-order valence-electron chi connectivity index (χ1n) is 10.3. The zero-order chi connectivity index (χ0) is 27.2. The van der Waals surface area contributed by atoms with Crippen LogP contribution in [0.25, 0.3) is 12.2 Å². The highest BCUT2D eigenvalue weighted by molar-refractivity contribution is 8.04. The number of ether oxygens (including phenoxy) is 2. The Kier molecular flexibility index (Phi) is 13.9. The predicted octanol–water partition coefficient (Wildman–Crippen LogP) is 7.34. The topological polar surface area (TPSA) is 58.9 Å². The van der Waals surface area contributed by atoms with Crippen LogP contribution in [0.5, 0.6) is 11.5 Å². The second-order valence-corrected chi connectivity index (χ2v) is 9.13. The molecule has 0 heterocycles. The molecule has 0 spiro atoms. The number of hydrogen-bond acceptors (Lipinski definition) is 6. The molecule has 0 radical (unpaired) electrons. The molecule has 36 heavy (non-hydrogen) atoms. The first-order chi connectivity index (χ1) is 16.9. The second-order valence-electron chi connectivity index (χ2n) is 6.75. The van der Waals surface area contributed by atoms with Gasteiger partial charge in [0.15, 0.2) is 0 Å². The van der Waals surface area contributed by atoms with Crippen molar-refractivity contribution in [2.75, 3.05) is 27.4 Å². The predicted molar refractivity (Wildman–Crippen MR) is 133 cm³/mol. The fraction of sp³-hybridized carbons (Fsp3) is 0.333. The largest absolute Gasteiger partial charge is 0.496 e. The van der Waals surface area contributed by atoms with E-state index in [0.29, 0.717) is 22.6 Å². The van der Waals surface area contributed by atoms with E-state index in [-0.39, 0.29) is 59.4 Å². The van der Waals surface area contributed by atoms with Crippen molar-refractivity contribution in [3.8, 4) is 11.5 Å². The molecule has 200 valence electrons. The SMILES string of the molecule is COc1ccccc1/C=C(/CCO)SC(F)(F)F.COc1ccccc1/C=C(/CCO)SC(F)(F)F. The lowest BCUT2D eigenvalue weighted by atomic mass is 10.2. The van der Waals surface area contributed by atoms with Crippen LogP contribution in [0.15, 0.2) is 58.3 Å². The lowest BCUT2D eigenvalue weighted by Gasteiger charge is -2.10. The summed E-state index contributed by atoms with van der Waals surface area (Å²) in [7, 11) is 2.91. The lowest BCUT2D eigenvalue weighted by Crippen LogP contribution is -2.01. The maximum absolute atomic E-state index is 12.3. The van der Waals surface area contributed by atoms with E-state index in [1.807, 2.05) is 0 Å². The molecule has 0 unspecified atom stereocenters. The molecule has 4 nitrogen and oxygen atoms in total. The number of aliphatic hydroxyl groups excluding tert-OH is 2. The second kappa shape index (κ2) is 15.7. The van der Waals surface area contributed by atoms with Gasteiger partial charge in [-0.15, -0.1) is 0 Å². The summed E-state index contributed by atoms with van der Waals surface area (Å²) in [6.07, 6.45) is 2.69. The zero-order valence-corrected chi connectivity index (χ0v) is 21.0. The van der Waals surface area contributed by atoms with Crippen molar-refractivity contribution in [3.05, 3.63) is 69.5 Å². The summed E-state index contributed by atoms with van der Waals surface area (Å²) >= 11 is -0.428. The summed E-state index contributed by atoms with van der Waals surface area (Å²) in [5.74, 6) is 0.992. The van der Waals surface area contributed by atoms with Crippen molar-refractivity contribution >= 4 is 35.7 Å². The molecule has 0 aliphatic rings. The minimum Gasteiger partial charge on any atom is -0.496 e. The maximum atomic E-state index is 12.3. The van der Waals surface area contributed by atoms with E-state index in [1.165, 1.54) is 26.4 Å². The van der Waals surface area contributed by atoms with Crippen LogP contribution in [0, 0.1) is 0 Å². The van der Waals surface area contributed by atoms with Gasteiger partial charge >= 0.3 is 11.0 Å². The number of hydrogen-bond donors (Lipinski definition) is 2. The highest BCUT2D eigenvalue weighted by Crippen LogP contribution is 2.40. The molecule has 2 rings (SSSR count). The van der Waals surface area contributed by atoms with E-state index >= 15 is 0 Å². The van der Waals surface area contributed by atoms with Gasteiger partial charge in [0.1, 0.15) is 11.5 Å². The molecule has 2 aromatic rings. The minimum absolute atomic E-state index is 0.0395. The Morgan fingerprint density at radius 2 is 1.03 bits per heavy atom. The monoisotopic (exact) mass is 556 g/mol. The number of benzene rings is 2. The first-order valence-corrected chi connectivity index (χ1v) is 12.0. The van der Waals surface area contributed by atoms with Gasteiger partial charge in [0.25, 0.3) is 0 Å². The van der Waals surface area contributed by atoms with Gasteiger partial charge in [-0.2, -0.15) is 26.3 Å². The normalized spacial score (nSPS) is 12.6. The van der Waals surface area contributed by atoms with Gasteiger partial charge < -0.3 is 19.7 Å². The quantitative estimate of drug-likeness (QED) is 0.299. The van der Waals surface area contributed by atoms with Gasteiger partial charge in [0, 0.05) is 37.2 Å². The van der Waals surface area contributed by atoms with Crippen LogP contribution >= 0.6 is 23.5 Å². The summed E-state index contributed by atoms with van der Waals surface area (Å²) in [5.41, 5.74) is -7.60. The van der Waals surface area contributed by atoms with Gasteiger partial charge in [-0.25, -0.2) is 0 Å². The Labute approximate surface area is 214 Å². The zero-order valence-electron chi connectivity index (χ0n) is 19.4. The molecule has 0 atom stereocenters. The Morgan fingerprint density at radius 3 is 1.31 bits per heavy atom. The third-order valence-electron chi connectivity index (χ3n) is 4.12. The molecule has 12 heteroatoms. The molecule has 2 aromatic carbocycles. The third kappa shape index (κ3) is 13.1. The molecule has 0 aliphatic heterocycles. The van der Waals surface area contributed by atoms with E-state index in [2.05, 4.69) is 0 Å². The molecule has 0 amide bonds. The van der Waals surface area contributed by atoms with E-state index < -0.39 is 11.0 Å². The Hall–Kier alpha value is -2.28. The van der Waals surface area contributed by atoms with Crippen molar-refractivity contribution in [1.82, 2.24) is 0 Å². The Bertz CT molecular complexity index is 912. The van der Waals surface area contributed by atoms with Crippen molar-refractivity contribution < 1.29 is 46.0 Å². The average Bonchev–Trinajstić information content (AvgIpc) is 2.78. The van der Waals surface area contributed by atoms with Crippen molar-refractivity contribution in [2.24, 2.45) is 0 Å². The summed E-state index contributed by atoms with van der Waals surface area (Å²) in [4.78, 5) is 0.101. The van der Waals surface area contributed by atoms with Crippen molar-refractivity contribution in [2.45, 2.75) is 23.9 Å². The van der Waals surface area contributed by atoms with Crippen LogP contribution in [0.4, 0.5) is 26.3 Å². The van der Waals surface area contributed by atoms with Gasteiger partial charge in [-0.05, 0) is 57.6 Å². The molecule has 0 aliphatic carbocycles. The smallest absolute Gasteiger partial charge is 0.446 e. The number of rotatable bonds is 10. The number of halogens is 6. The summed E-state index contributed by atoms with van der Waals surface area (Å²) in [5, 5.41) is 17.6. The summed E-state index contributed by atoms with van der Waals surface area (Å²) in [6, 6.07) is 13.5. The van der Waals surface area contributed by atoms with Crippen LogP contribution in [-0.4, -0.2) is 48.7 Å². The van der Waals surface area contributed by atoms with Gasteiger partial charge in [0.2, 0.25) is 0 Å². The first kappa shape index (κ1) is 31.7. The highest BCUT2D eigenvalue weighted by Gasteiger charge is 2.31. The maximum Gasteiger partial charge on any atom is 0.446 e. The van der Waals surface area contributed by atoms with Gasteiger partial charge in [-0.3, -0.25) is 0 Å². The number of para-hydroxylation sites is 2. The number of thioether (sulfide) groups is 2. The molecule has 0 fully saturated rings. The fourth-order valence-electron chi connectivity index (χ4n) is 2.74. The van der Waals surface area contributed by atoms with Crippen LogP contribution < -0.4 is 9.47 Å². The molecular formula is C24H26F6O4S2. The summed E-state index contributed by atoms with van der Waals surface area (Å²) in [6.45, 7) is -0.659. The van der Waals surface area contributed by atoms with Crippen molar-refractivity contribution in [1.29, 1.82) is 0 Å². The van der Waals surface area contributed by atoms with Crippen LogP contribution in [-0.2, 0) is 0 Å². The number of methoxy groups -OCH3 is 2. The number of aliphatic hydroxyl groups is 2. The van der Waals surface area contributed by atoms with Gasteiger partial charge in [-0.1, -0.05) is 36.4 Å². The van der Waals surface area contributed by atoms with Crippen molar-refractivity contribution in [3.63, 3.8) is 0 Å². The lowest BCUT2D eigenvalue weighted by molar-refractivity contribution is -0.0331. The van der Waals surface area contributed by atoms with E-state index in [9.17, 15) is 26.3 Å². The average molecular weight is 557 g/mol. The molecule has 0 bridgehead atoms. The number of alkyl halides is 6. The fourth-order valence-corrected chi connectivity index (χ4v) is 4.09. The third-order valence-corrected chi connectivity index (χ3v) is 5.75. The Morgan fingerprint density at radius 1 is 0.694 bits per heavy atom. The molecule has 0 saturated carbocycles. The van der Waals surface area contributed by atoms with E-state index in [0.717, 1.165) is 0 Å². The standard InChI is InChI=1S/2C12H13F3O2S/c2*1-17-11-5-3-2-4-9(11)8-10(6-7-16)18-12(13,14)15/h2*2-5,8,16H,6-7H2,1H3/b2*10-8-. The van der Waals surface area contributed by atoms with E-state index in [4.69, 9.17) is 19.7 Å². The highest BCUT2D eigenvalue weighted by atomic mass is 32.2. The van der Waals surface area contributed by atoms with E-state index in [1.54, 1.807) is 48.5 Å². The van der Waals surface area contributed by atoms with Crippen LogP contribution in [0.3, 0.4) is 0 Å². The minimum atomic E-state index is -4.36. The van der Waals surface area contributed by atoms with Gasteiger partial charge in [0.05, 0.1) is 14.2 Å². The molecule has 2 N–H and O–H groups in total. The summed E-state index contributed by atoms with van der Waals surface area (Å²) < 4.78 is 84.1. The van der Waals surface area contributed by atoms with Crippen LogP contribution in [0.1, 0.15) is 24.0 Å². The molecular weight excluding hydrogens is 530 g/mol.